The lowest BCUT2D eigenvalue weighted by Crippen LogP contribution is -2.29. The van der Waals surface area contributed by atoms with Crippen LogP contribution in [0.25, 0.3) is 0 Å². The number of hydrogen-bond donors (Lipinski definition) is 0. The summed E-state index contributed by atoms with van der Waals surface area (Å²) in [4.78, 5) is 14.1. The Bertz CT molecular complexity index is 255. The fourth-order valence-electron chi connectivity index (χ4n) is 2.96. The number of likely N-dealkylation sites (tertiary alicyclic amines) is 1. The van der Waals surface area contributed by atoms with Crippen LogP contribution in [0.5, 0.6) is 0 Å². The molecule has 106 valence electrons. The van der Waals surface area contributed by atoms with Crippen LogP contribution in [-0.2, 0) is 9.53 Å². The highest BCUT2D eigenvalue weighted by Crippen LogP contribution is 2.26. The number of esters is 1. The van der Waals surface area contributed by atoms with Crippen molar-refractivity contribution >= 4 is 5.97 Å². The quantitative estimate of drug-likeness (QED) is 0.655. The summed E-state index contributed by atoms with van der Waals surface area (Å²) in [6, 6.07) is 0. The van der Waals surface area contributed by atoms with Gasteiger partial charge in [-0.05, 0) is 18.3 Å². The molecule has 1 fully saturated rings. The Balaban J connectivity index is 2.42. The van der Waals surface area contributed by atoms with Gasteiger partial charge in [0, 0.05) is 19.6 Å². The number of unbranched alkanes of at least 4 members (excludes halogenated alkanes) is 1. The van der Waals surface area contributed by atoms with Gasteiger partial charge in [-0.1, -0.05) is 40.0 Å². The van der Waals surface area contributed by atoms with Crippen molar-refractivity contribution in [3.05, 3.63) is 0 Å². The summed E-state index contributed by atoms with van der Waals surface area (Å²) in [5.41, 5.74) is 0. The number of rotatable bonds is 7. The molecule has 1 aliphatic heterocycles. The zero-order valence-electron chi connectivity index (χ0n) is 12.4. The Morgan fingerprint density at radius 3 is 2.67 bits per heavy atom. The van der Waals surface area contributed by atoms with E-state index in [0.29, 0.717) is 5.92 Å². The van der Waals surface area contributed by atoms with E-state index < -0.39 is 0 Å². The van der Waals surface area contributed by atoms with E-state index in [1.807, 2.05) is 0 Å². The van der Waals surface area contributed by atoms with Crippen LogP contribution in [0.3, 0.4) is 0 Å². The van der Waals surface area contributed by atoms with Gasteiger partial charge in [0.25, 0.3) is 0 Å². The van der Waals surface area contributed by atoms with Gasteiger partial charge in [-0.3, -0.25) is 4.79 Å². The van der Waals surface area contributed by atoms with E-state index in [1.165, 1.54) is 32.8 Å². The van der Waals surface area contributed by atoms with Gasteiger partial charge in [0.15, 0.2) is 0 Å². The van der Waals surface area contributed by atoms with Crippen LogP contribution in [0.15, 0.2) is 0 Å². The van der Waals surface area contributed by atoms with Gasteiger partial charge in [0.1, 0.15) is 0 Å². The van der Waals surface area contributed by atoms with Crippen molar-refractivity contribution in [1.29, 1.82) is 0 Å². The molecule has 0 amide bonds. The minimum atomic E-state index is -0.0355. The van der Waals surface area contributed by atoms with E-state index in [0.717, 1.165) is 25.6 Å². The van der Waals surface area contributed by atoms with Gasteiger partial charge < -0.3 is 9.64 Å². The highest BCUT2D eigenvalue weighted by molar-refractivity contribution is 5.73. The first kappa shape index (κ1) is 15.5. The van der Waals surface area contributed by atoms with Crippen molar-refractivity contribution in [2.45, 2.75) is 46.5 Å². The second kappa shape index (κ2) is 7.78. The lowest BCUT2D eigenvalue weighted by molar-refractivity contribution is -0.146. The van der Waals surface area contributed by atoms with Crippen molar-refractivity contribution in [1.82, 2.24) is 4.90 Å². The molecule has 0 saturated carbocycles. The van der Waals surface area contributed by atoms with E-state index in [1.54, 1.807) is 0 Å². The number of carbonyl (C=O) groups excluding carboxylic acids is 1. The molecule has 1 aliphatic rings. The van der Waals surface area contributed by atoms with Gasteiger partial charge in [-0.15, -0.1) is 0 Å². The molecule has 1 rings (SSSR count). The van der Waals surface area contributed by atoms with E-state index in [4.69, 9.17) is 4.74 Å². The normalized spacial score (nSPS) is 26.2. The molecule has 0 aromatic carbocycles. The third kappa shape index (κ3) is 4.27. The van der Waals surface area contributed by atoms with E-state index in [9.17, 15) is 4.79 Å². The lowest BCUT2D eigenvalue weighted by Gasteiger charge is -2.22. The maximum absolute atomic E-state index is 11.6. The van der Waals surface area contributed by atoms with Crippen molar-refractivity contribution in [2.24, 2.45) is 17.8 Å². The van der Waals surface area contributed by atoms with Crippen LogP contribution in [0.1, 0.15) is 46.5 Å². The third-order valence-corrected chi connectivity index (χ3v) is 4.25. The summed E-state index contributed by atoms with van der Waals surface area (Å²) in [6.07, 6.45) is 5.16. The van der Waals surface area contributed by atoms with E-state index in [-0.39, 0.29) is 11.9 Å². The van der Waals surface area contributed by atoms with Gasteiger partial charge in [-0.2, -0.15) is 0 Å². The highest BCUT2D eigenvalue weighted by atomic mass is 16.5. The minimum absolute atomic E-state index is 0.0355. The second-order valence-electron chi connectivity index (χ2n) is 5.74. The summed E-state index contributed by atoms with van der Waals surface area (Å²) in [5, 5.41) is 0. The topological polar surface area (TPSA) is 29.5 Å². The number of hydrogen-bond acceptors (Lipinski definition) is 3. The Morgan fingerprint density at radius 1 is 1.39 bits per heavy atom. The van der Waals surface area contributed by atoms with Crippen LogP contribution in [0.4, 0.5) is 0 Å². The highest BCUT2D eigenvalue weighted by Gasteiger charge is 2.35. The molecule has 3 nitrogen and oxygen atoms in total. The molecule has 1 saturated heterocycles. The molecular weight excluding hydrogens is 226 g/mol. The average Bonchev–Trinajstić information content (AvgIpc) is 2.74. The van der Waals surface area contributed by atoms with Gasteiger partial charge in [0.2, 0.25) is 0 Å². The summed E-state index contributed by atoms with van der Waals surface area (Å²) in [7, 11) is 1.49. The predicted octanol–water partition coefficient (Wildman–Crippen LogP) is 2.94. The molecule has 1 heterocycles. The largest absolute Gasteiger partial charge is 0.469 e. The first-order valence-electron chi connectivity index (χ1n) is 7.42. The van der Waals surface area contributed by atoms with Crippen LogP contribution >= 0.6 is 0 Å². The predicted molar refractivity (Wildman–Crippen MR) is 74.4 cm³/mol. The summed E-state index contributed by atoms with van der Waals surface area (Å²) in [5.74, 6) is 1.26. The molecule has 0 N–H and O–H groups in total. The van der Waals surface area contributed by atoms with E-state index in [2.05, 4.69) is 25.7 Å². The fraction of sp³-hybridized carbons (Fsp3) is 0.933. The molecular formula is C15H29NO2. The summed E-state index contributed by atoms with van der Waals surface area (Å²) >= 11 is 0. The Labute approximate surface area is 112 Å². The van der Waals surface area contributed by atoms with Crippen LogP contribution in [0, 0.1) is 17.8 Å². The SMILES string of the molecule is CCCCC(CC)CN1CC(C)C(C(=O)OC)C1. The standard InChI is InChI=1S/C15H29NO2/c1-5-7-8-13(6-2)10-16-9-12(3)14(11-16)15(17)18-4/h12-14H,5-11H2,1-4H3. The molecule has 0 bridgehead atoms. The van der Waals surface area contributed by atoms with Crippen molar-refractivity contribution in [2.75, 3.05) is 26.7 Å². The molecule has 3 atom stereocenters. The average molecular weight is 255 g/mol. The molecule has 0 aromatic heterocycles. The molecule has 0 aromatic rings. The molecule has 0 aliphatic carbocycles. The summed E-state index contributed by atoms with van der Waals surface area (Å²) < 4.78 is 4.88. The smallest absolute Gasteiger partial charge is 0.310 e. The van der Waals surface area contributed by atoms with Gasteiger partial charge >= 0.3 is 5.97 Å². The number of nitrogens with zero attached hydrogens (tertiary/aromatic N) is 1. The Hall–Kier alpha value is -0.570. The molecule has 18 heavy (non-hydrogen) atoms. The van der Waals surface area contributed by atoms with Crippen LogP contribution in [0.2, 0.25) is 0 Å². The zero-order valence-corrected chi connectivity index (χ0v) is 12.4. The number of ether oxygens (including phenoxy) is 1. The van der Waals surface area contributed by atoms with Crippen LogP contribution in [-0.4, -0.2) is 37.6 Å². The Kier molecular flexibility index (Phi) is 6.69. The van der Waals surface area contributed by atoms with E-state index >= 15 is 0 Å². The lowest BCUT2D eigenvalue weighted by atomic mass is 9.99. The van der Waals surface area contributed by atoms with Gasteiger partial charge in [-0.25, -0.2) is 0 Å². The zero-order chi connectivity index (χ0) is 13.5. The second-order valence-corrected chi connectivity index (χ2v) is 5.74. The van der Waals surface area contributed by atoms with Gasteiger partial charge in [0.05, 0.1) is 13.0 Å². The maximum Gasteiger partial charge on any atom is 0.310 e. The van der Waals surface area contributed by atoms with Crippen LogP contribution < -0.4 is 0 Å². The molecule has 0 radical (unpaired) electrons. The van der Waals surface area contributed by atoms with Crippen molar-refractivity contribution in [3.63, 3.8) is 0 Å². The number of methoxy groups -OCH3 is 1. The Morgan fingerprint density at radius 2 is 2.11 bits per heavy atom. The first-order valence-corrected chi connectivity index (χ1v) is 7.42. The first-order chi connectivity index (χ1) is 8.62. The maximum atomic E-state index is 11.6. The molecule has 3 heteroatoms. The molecule has 3 unspecified atom stereocenters. The van der Waals surface area contributed by atoms with Crippen molar-refractivity contribution < 1.29 is 9.53 Å². The summed E-state index contributed by atoms with van der Waals surface area (Å²) in [6.45, 7) is 9.76. The number of carbonyl (C=O) groups is 1. The fourth-order valence-corrected chi connectivity index (χ4v) is 2.96. The monoisotopic (exact) mass is 255 g/mol. The molecule has 0 spiro atoms. The minimum Gasteiger partial charge on any atom is -0.469 e. The van der Waals surface area contributed by atoms with Crippen molar-refractivity contribution in [3.8, 4) is 0 Å². The third-order valence-electron chi connectivity index (χ3n) is 4.25.